The average molecular weight is 271 g/mol. The van der Waals surface area contributed by atoms with Crippen molar-refractivity contribution in [3.05, 3.63) is 53.7 Å². The highest BCUT2D eigenvalue weighted by atomic mass is 16.4. The van der Waals surface area contributed by atoms with E-state index in [1.165, 1.54) is 18.3 Å². The van der Waals surface area contributed by atoms with Gasteiger partial charge in [0.05, 0.1) is 5.56 Å². The fourth-order valence-corrected chi connectivity index (χ4v) is 1.60. The van der Waals surface area contributed by atoms with Crippen LogP contribution >= 0.6 is 0 Å². The first-order valence-corrected chi connectivity index (χ1v) is 5.88. The van der Waals surface area contributed by atoms with Crippen molar-refractivity contribution in [2.45, 2.75) is 6.92 Å². The molecular weight excluding hydrogens is 258 g/mol. The predicted molar refractivity (Wildman–Crippen MR) is 75.0 cm³/mol. The molecule has 0 radical (unpaired) electrons. The number of aromatic carboxylic acids is 1. The van der Waals surface area contributed by atoms with Gasteiger partial charge in [-0.15, -0.1) is 0 Å². The third kappa shape index (κ3) is 3.55. The summed E-state index contributed by atoms with van der Waals surface area (Å²) in [5.74, 6) is -0.784. The molecule has 0 fully saturated rings. The van der Waals surface area contributed by atoms with Crippen LogP contribution < -0.4 is 10.6 Å². The van der Waals surface area contributed by atoms with Crippen LogP contribution in [-0.4, -0.2) is 22.1 Å². The SMILES string of the molecule is Cc1cccc(NC(=O)Nc2ccc(C(=O)O)cn2)c1. The molecule has 2 amide bonds. The van der Waals surface area contributed by atoms with E-state index < -0.39 is 12.0 Å². The Morgan fingerprint density at radius 3 is 2.55 bits per heavy atom. The van der Waals surface area contributed by atoms with Crippen molar-refractivity contribution in [2.75, 3.05) is 10.6 Å². The van der Waals surface area contributed by atoms with Crippen LogP contribution in [0.3, 0.4) is 0 Å². The van der Waals surface area contributed by atoms with E-state index in [4.69, 9.17) is 5.11 Å². The Morgan fingerprint density at radius 1 is 1.15 bits per heavy atom. The maximum absolute atomic E-state index is 11.7. The molecule has 0 aliphatic rings. The zero-order chi connectivity index (χ0) is 14.5. The number of carbonyl (C=O) groups is 2. The Kier molecular flexibility index (Phi) is 3.95. The van der Waals surface area contributed by atoms with Crippen molar-refractivity contribution in [1.82, 2.24) is 4.98 Å². The summed E-state index contributed by atoms with van der Waals surface area (Å²) in [6, 6.07) is 9.73. The van der Waals surface area contributed by atoms with E-state index in [0.717, 1.165) is 5.56 Å². The molecule has 3 N–H and O–H groups in total. The number of urea groups is 1. The van der Waals surface area contributed by atoms with E-state index >= 15 is 0 Å². The first-order valence-electron chi connectivity index (χ1n) is 5.88. The van der Waals surface area contributed by atoms with Gasteiger partial charge in [0, 0.05) is 11.9 Å². The summed E-state index contributed by atoms with van der Waals surface area (Å²) in [4.78, 5) is 26.2. The second-order valence-corrected chi connectivity index (χ2v) is 4.19. The zero-order valence-electron chi connectivity index (χ0n) is 10.8. The maximum Gasteiger partial charge on any atom is 0.337 e. The summed E-state index contributed by atoms with van der Waals surface area (Å²) in [5, 5.41) is 13.9. The Balaban J connectivity index is 1.99. The van der Waals surface area contributed by atoms with Crippen LogP contribution in [-0.2, 0) is 0 Å². The largest absolute Gasteiger partial charge is 0.478 e. The maximum atomic E-state index is 11.7. The molecule has 0 saturated carbocycles. The van der Waals surface area contributed by atoms with Crippen molar-refractivity contribution >= 4 is 23.5 Å². The molecule has 1 heterocycles. The van der Waals surface area contributed by atoms with Gasteiger partial charge in [0.2, 0.25) is 0 Å². The van der Waals surface area contributed by atoms with Gasteiger partial charge < -0.3 is 10.4 Å². The van der Waals surface area contributed by atoms with Crippen molar-refractivity contribution < 1.29 is 14.7 Å². The summed E-state index contributed by atoms with van der Waals surface area (Å²) in [7, 11) is 0. The lowest BCUT2D eigenvalue weighted by Crippen LogP contribution is -2.20. The van der Waals surface area contributed by atoms with Crippen molar-refractivity contribution in [1.29, 1.82) is 0 Å². The van der Waals surface area contributed by atoms with Crippen molar-refractivity contribution in [2.24, 2.45) is 0 Å². The molecular formula is C14H13N3O3. The number of rotatable bonds is 3. The number of amides is 2. The monoisotopic (exact) mass is 271 g/mol. The first-order chi connectivity index (χ1) is 9.54. The number of pyridine rings is 1. The van der Waals surface area contributed by atoms with Gasteiger partial charge in [-0.1, -0.05) is 12.1 Å². The smallest absolute Gasteiger partial charge is 0.337 e. The summed E-state index contributed by atoms with van der Waals surface area (Å²) in [6.45, 7) is 1.93. The minimum Gasteiger partial charge on any atom is -0.478 e. The van der Waals surface area contributed by atoms with Crippen molar-refractivity contribution in [3.8, 4) is 0 Å². The number of nitrogens with one attached hydrogen (secondary N) is 2. The van der Waals surface area contributed by atoms with Crippen LogP contribution in [0.15, 0.2) is 42.6 Å². The van der Waals surface area contributed by atoms with E-state index in [2.05, 4.69) is 15.6 Å². The molecule has 2 aromatic rings. The number of carboxylic acid groups (broad SMARTS) is 1. The third-order valence-corrected chi connectivity index (χ3v) is 2.53. The van der Waals surface area contributed by atoms with E-state index in [9.17, 15) is 9.59 Å². The van der Waals surface area contributed by atoms with Crippen LogP contribution in [0.4, 0.5) is 16.3 Å². The van der Waals surface area contributed by atoms with Crippen LogP contribution in [0, 0.1) is 6.92 Å². The van der Waals surface area contributed by atoms with Crippen LogP contribution in [0.1, 0.15) is 15.9 Å². The number of benzene rings is 1. The van der Waals surface area contributed by atoms with Crippen LogP contribution in [0.5, 0.6) is 0 Å². The molecule has 20 heavy (non-hydrogen) atoms. The Hall–Kier alpha value is -2.89. The number of hydrogen-bond donors (Lipinski definition) is 3. The Bertz CT molecular complexity index is 638. The lowest BCUT2D eigenvalue weighted by molar-refractivity contribution is 0.0696. The second kappa shape index (κ2) is 5.83. The molecule has 0 aliphatic heterocycles. The van der Waals surface area contributed by atoms with Gasteiger partial charge in [-0.25, -0.2) is 14.6 Å². The number of anilines is 2. The lowest BCUT2D eigenvalue weighted by Gasteiger charge is -2.07. The quantitative estimate of drug-likeness (QED) is 0.800. The minimum atomic E-state index is -1.06. The molecule has 2 rings (SSSR count). The fraction of sp³-hybridized carbons (Fsp3) is 0.0714. The Morgan fingerprint density at radius 2 is 1.95 bits per heavy atom. The topological polar surface area (TPSA) is 91.3 Å². The van der Waals surface area contributed by atoms with Gasteiger partial charge in [-0.2, -0.15) is 0 Å². The van der Waals surface area contributed by atoms with Crippen molar-refractivity contribution in [3.63, 3.8) is 0 Å². The molecule has 6 heteroatoms. The molecule has 0 spiro atoms. The number of carboxylic acids is 1. The summed E-state index contributed by atoms with van der Waals surface area (Å²) in [5.41, 5.74) is 1.77. The molecule has 0 unspecified atom stereocenters. The van der Waals surface area contributed by atoms with Gasteiger partial charge >= 0.3 is 12.0 Å². The van der Waals surface area contributed by atoms with E-state index in [1.54, 1.807) is 6.07 Å². The molecule has 6 nitrogen and oxygen atoms in total. The first kappa shape index (κ1) is 13.5. The summed E-state index contributed by atoms with van der Waals surface area (Å²) >= 11 is 0. The molecule has 0 atom stereocenters. The lowest BCUT2D eigenvalue weighted by atomic mass is 10.2. The molecule has 0 bridgehead atoms. The highest BCUT2D eigenvalue weighted by Crippen LogP contribution is 2.10. The second-order valence-electron chi connectivity index (χ2n) is 4.19. The average Bonchev–Trinajstić information content (AvgIpc) is 2.39. The molecule has 102 valence electrons. The number of aromatic nitrogens is 1. The molecule has 1 aromatic heterocycles. The molecule has 0 aliphatic carbocycles. The number of aryl methyl sites for hydroxylation is 1. The van der Waals surface area contributed by atoms with E-state index in [0.29, 0.717) is 5.69 Å². The standard InChI is InChI=1S/C14H13N3O3/c1-9-3-2-4-11(7-9)16-14(20)17-12-6-5-10(8-15-12)13(18)19/h2-8H,1H3,(H,18,19)(H2,15,16,17,20). The third-order valence-electron chi connectivity index (χ3n) is 2.53. The summed E-state index contributed by atoms with van der Waals surface area (Å²) in [6.07, 6.45) is 1.19. The van der Waals surface area contributed by atoms with Gasteiger partial charge in [-0.3, -0.25) is 5.32 Å². The summed E-state index contributed by atoms with van der Waals surface area (Å²) < 4.78 is 0. The Labute approximate surface area is 115 Å². The molecule has 1 aromatic carbocycles. The number of carbonyl (C=O) groups excluding carboxylic acids is 1. The van der Waals surface area contributed by atoms with E-state index in [-0.39, 0.29) is 11.4 Å². The highest BCUT2D eigenvalue weighted by Gasteiger charge is 2.06. The highest BCUT2D eigenvalue weighted by molar-refractivity contribution is 5.99. The zero-order valence-corrected chi connectivity index (χ0v) is 10.8. The van der Waals surface area contributed by atoms with E-state index in [1.807, 2.05) is 25.1 Å². The number of hydrogen-bond acceptors (Lipinski definition) is 3. The fourth-order valence-electron chi connectivity index (χ4n) is 1.60. The van der Waals surface area contributed by atoms with Gasteiger partial charge in [0.1, 0.15) is 5.82 Å². The van der Waals surface area contributed by atoms with Crippen LogP contribution in [0.2, 0.25) is 0 Å². The number of nitrogens with zero attached hydrogens (tertiary/aromatic N) is 1. The molecule has 0 saturated heterocycles. The normalized spacial score (nSPS) is 9.85. The van der Waals surface area contributed by atoms with Gasteiger partial charge in [0.15, 0.2) is 0 Å². The minimum absolute atomic E-state index is 0.0645. The van der Waals surface area contributed by atoms with Crippen LogP contribution in [0.25, 0.3) is 0 Å². The predicted octanol–water partition coefficient (Wildman–Crippen LogP) is 2.73. The van der Waals surface area contributed by atoms with Gasteiger partial charge in [-0.05, 0) is 36.8 Å². The van der Waals surface area contributed by atoms with Gasteiger partial charge in [0.25, 0.3) is 0 Å².